The second-order valence-electron chi connectivity index (χ2n) is 8.48. The van der Waals surface area contributed by atoms with Crippen molar-refractivity contribution in [2.75, 3.05) is 48.8 Å². The van der Waals surface area contributed by atoms with Gasteiger partial charge in [0, 0.05) is 49.7 Å². The van der Waals surface area contributed by atoms with Gasteiger partial charge in [-0.25, -0.2) is 9.97 Å². The Labute approximate surface area is 174 Å². The van der Waals surface area contributed by atoms with E-state index in [1.807, 2.05) is 13.0 Å². The van der Waals surface area contributed by atoms with Crippen molar-refractivity contribution in [3.05, 3.63) is 36.2 Å². The molecule has 2 N–H and O–H groups in total. The molecule has 6 nitrogen and oxygen atoms in total. The van der Waals surface area contributed by atoms with E-state index in [2.05, 4.69) is 61.7 Å². The van der Waals surface area contributed by atoms with Gasteiger partial charge in [0.05, 0.1) is 0 Å². The third kappa shape index (κ3) is 5.60. The Hall–Kier alpha value is -2.34. The number of benzene rings is 1. The van der Waals surface area contributed by atoms with Gasteiger partial charge in [-0.05, 0) is 51.1 Å². The summed E-state index contributed by atoms with van der Waals surface area (Å²) in [6, 6.07) is 11.3. The summed E-state index contributed by atoms with van der Waals surface area (Å²) in [4.78, 5) is 14.0. The summed E-state index contributed by atoms with van der Waals surface area (Å²) in [5.41, 5.74) is 2.35. The van der Waals surface area contributed by atoms with Crippen LogP contribution in [0.3, 0.4) is 0 Å². The zero-order valence-corrected chi connectivity index (χ0v) is 17.8. The average Bonchev–Trinajstić information content (AvgIpc) is 2.97. The molecule has 1 aliphatic carbocycles. The predicted octanol–water partition coefficient (Wildman–Crippen LogP) is 4.42. The SMILES string of the molecule is Cc1nc(Nc2ccc(N3CCN(C)CC3)cc2)cc(NC2CCCCCC2)n1. The van der Waals surface area contributed by atoms with Crippen molar-refractivity contribution in [1.29, 1.82) is 0 Å². The highest BCUT2D eigenvalue weighted by molar-refractivity contribution is 5.62. The van der Waals surface area contributed by atoms with E-state index in [4.69, 9.17) is 0 Å². The molecule has 0 unspecified atom stereocenters. The highest BCUT2D eigenvalue weighted by Gasteiger charge is 2.15. The molecule has 2 aliphatic rings. The summed E-state index contributed by atoms with van der Waals surface area (Å²) in [6.45, 7) is 6.38. The number of anilines is 4. The number of hydrogen-bond acceptors (Lipinski definition) is 6. The fourth-order valence-electron chi connectivity index (χ4n) is 4.31. The van der Waals surface area contributed by atoms with Crippen LogP contribution in [0.15, 0.2) is 30.3 Å². The Bertz CT molecular complexity index is 774. The predicted molar refractivity (Wildman–Crippen MR) is 121 cm³/mol. The van der Waals surface area contributed by atoms with Gasteiger partial charge in [0.2, 0.25) is 0 Å². The molecule has 4 rings (SSSR count). The minimum absolute atomic E-state index is 0.530. The van der Waals surface area contributed by atoms with Gasteiger partial charge < -0.3 is 20.4 Å². The Morgan fingerprint density at radius 3 is 2.21 bits per heavy atom. The number of aryl methyl sites for hydroxylation is 1. The standard InChI is InChI=1S/C23H34N6/c1-18-24-22(26-19-7-5-3-4-6-8-19)17-23(25-18)27-20-9-11-21(12-10-20)29-15-13-28(2)14-16-29/h9-12,17,19H,3-8,13-16H2,1-2H3,(H2,24,25,26,27). The fraction of sp³-hybridized carbons (Fsp3) is 0.565. The molecule has 1 aliphatic heterocycles. The molecule has 1 aromatic heterocycles. The van der Waals surface area contributed by atoms with Gasteiger partial charge in [-0.3, -0.25) is 0 Å². The summed E-state index contributed by atoms with van der Waals surface area (Å²) in [5.74, 6) is 2.57. The van der Waals surface area contributed by atoms with Crippen LogP contribution < -0.4 is 15.5 Å². The number of rotatable bonds is 5. The number of nitrogens with one attached hydrogen (secondary N) is 2. The number of aromatic nitrogens is 2. The maximum atomic E-state index is 4.61. The summed E-state index contributed by atoms with van der Waals surface area (Å²) in [7, 11) is 2.19. The third-order valence-corrected chi connectivity index (χ3v) is 6.05. The second-order valence-corrected chi connectivity index (χ2v) is 8.48. The molecule has 1 saturated heterocycles. The van der Waals surface area contributed by atoms with Crippen molar-refractivity contribution in [1.82, 2.24) is 14.9 Å². The largest absolute Gasteiger partial charge is 0.369 e. The van der Waals surface area contributed by atoms with E-state index in [0.717, 1.165) is 49.3 Å². The first kappa shape index (κ1) is 20.0. The molecule has 6 heteroatoms. The third-order valence-electron chi connectivity index (χ3n) is 6.05. The Morgan fingerprint density at radius 1 is 0.862 bits per heavy atom. The highest BCUT2D eigenvalue weighted by atomic mass is 15.2. The average molecular weight is 395 g/mol. The lowest BCUT2D eigenvalue weighted by Crippen LogP contribution is -2.44. The number of hydrogen-bond donors (Lipinski definition) is 2. The molecule has 29 heavy (non-hydrogen) atoms. The summed E-state index contributed by atoms with van der Waals surface area (Å²) < 4.78 is 0. The molecule has 0 bridgehead atoms. The normalized spacial score (nSPS) is 19.0. The second kappa shape index (κ2) is 9.44. The van der Waals surface area contributed by atoms with Crippen LogP contribution in [0.2, 0.25) is 0 Å². The van der Waals surface area contributed by atoms with Crippen LogP contribution in [-0.4, -0.2) is 54.1 Å². The fourth-order valence-corrected chi connectivity index (χ4v) is 4.31. The maximum Gasteiger partial charge on any atom is 0.136 e. The van der Waals surface area contributed by atoms with Crippen molar-refractivity contribution in [3.63, 3.8) is 0 Å². The van der Waals surface area contributed by atoms with Crippen LogP contribution in [0.4, 0.5) is 23.0 Å². The first-order valence-electron chi connectivity index (χ1n) is 11.1. The summed E-state index contributed by atoms with van der Waals surface area (Å²) in [5, 5.41) is 7.10. The lowest BCUT2D eigenvalue weighted by atomic mass is 10.1. The van der Waals surface area contributed by atoms with Gasteiger partial charge in [-0.2, -0.15) is 0 Å². The zero-order chi connectivity index (χ0) is 20.1. The summed E-state index contributed by atoms with van der Waals surface area (Å²) >= 11 is 0. The summed E-state index contributed by atoms with van der Waals surface area (Å²) in [6.07, 6.45) is 7.81. The smallest absolute Gasteiger partial charge is 0.136 e. The van der Waals surface area contributed by atoms with Crippen LogP contribution in [0.5, 0.6) is 0 Å². The van der Waals surface area contributed by atoms with Gasteiger partial charge in [-0.1, -0.05) is 25.7 Å². The quantitative estimate of drug-likeness (QED) is 0.733. The molecule has 2 fully saturated rings. The van der Waals surface area contributed by atoms with Gasteiger partial charge >= 0.3 is 0 Å². The molecule has 0 spiro atoms. The lowest BCUT2D eigenvalue weighted by molar-refractivity contribution is 0.313. The first-order valence-corrected chi connectivity index (χ1v) is 11.1. The van der Waals surface area contributed by atoms with E-state index in [1.54, 1.807) is 0 Å². The van der Waals surface area contributed by atoms with Gasteiger partial charge in [-0.15, -0.1) is 0 Å². The van der Waals surface area contributed by atoms with E-state index in [9.17, 15) is 0 Å². The molecule has 2 aromatic rings. The highest BCUT2D eigenvalue weighted by Crippen LogP contribution is 2.24. The van der Waals surface area contributed by atoms with E-state index in [-0.39, 0.29) is 0 Å². The van der Waals surface area contributed by atoms with E-state index < -0.39 is 0 Å². The zero-order valence-electron chi connectivity index (χ0n) is 17.8. The van der Waals surface area contributed by atoms with Crippen molar-refractivity contribution in [3.8, 4) is 0 Å². The van der Waals surface area contributed by atoms with E-state index >= 15 is 0 Å². The number of likely N-dealkylation sites (N-methyl/N-ethyl adjacent to an activating group) is 1. The van der Waals surface area contributed by atoms with Crippen LogP contribution >= 0.6 is 0 Å². The molecule has 1 aromatic carbocycles. The topological polar surface area (TPSA) is 56.3 Å². The molecule has 0 radical (unpaired) electrons. The molecule has 1 saturated carbocycles. The minimum atomic E-state index is 0.530. The maximum absolute atomic E-state index is 4.61. The van der Waals surface area contributed by atoms with Gasteiger partial charge in [0.25, 0.3) is 0 Å². The Kier molecular flexibility index (Phi) is 6.49. The molecule has 0 atom stereocenters. The molecule has 156 valence electrons. The molecule has 0 amide bonds. The minimum Gasteiger partial charge on any atom is -0.369 e. The van der Waals surface area contributed by atoms with Gasteiger partial charge in [0.1, 0.15) is 17.5 Å². The van der Waals surface area contributed by atoms with E-state index in [1.165, 1.54) is 44.2 Å². The Balaban J connectivity index is 1.40. The van der Waals surface area contributed by atoms with Crippen LogP contribution in [-0.2, 0) is 0 Å². The molecular weight excluding hydrogens is 360 g/mol. The van der Waals surface area contributed by atoms with Crippen molar-refractivity contribution in [2.45, 2.75) is 51.5 Å². The Morgan fingerprint density at radius 2 is 1.52 bits per heavy atom. The van der Waals surface area contributed by atoms with Crippen LogP contribution in [0.25, 0.3) is 0 Å². The molecular formula is C23H34N6. The lowest BCUT2D eigenvalue weighted by Gasteiger charge is -2.34. The first-order chi connectivity index (χ1) is 14.2. The van der Waals surface area contributed by atoms with Crippen LogP contribution in [0.1, 0.15) is 44.3 Å². The number of piperazine rings is 1. The van der Waals surface area contributed by atoms with Crippen LogP contribution in [0, 0.1) is 6.92 Å². The molecule has 2 heterocycles. The van der Waals surface area contributed by atoms with Gasteiger partial charge in [0.15, 0.2) is 0 Å². The monoisotopic (exact) mass is 394 g/mol. The van der Waals surface area contributed by atoms with E-state index in [0.29, 0.717) is 6.04 Å². The van der Waals surface area contributed by atoms with Crippen molar-refractivity contribution in [2.24, 2.45) is 0 Å². The van der Waals surface area contributed by atoms with Crippen molar-refractivity contribution >= 4 is 23.0 Å². The number of nitrogens with zero attached hydrogens (tertiary/aromatic N) is 4. The van der Waals surface area contributed by atoms with Crippen molar-refractivity contribution < 1.29 is 0 Å².